The second-order valence-corrected chi connectivity index (χ2v) is 6.70. The molecule has 0 aliphatic carbocycles. The Labute approximate surface area is 143 Å². The Hall–Kier alpha value is -2.05. The monoisotopic (exact) mass is 349 g/mol. The fourth-order valence-electron chi connectivity index (χ4n) is 2.82. The minimum atomic E-state index is -0.638. The third kappa shape index (κ3) is 3.33. The van der Waals surface area contributed by atoms with Gasteiger partial charge in [0.05, 0.1) is 12.5 Å². The molecule has 0 unspecified atom stereocenters. The number of nitrogens with one attached hydrogen (secondary N) is 1. The highest BCUT2D eigenvalue weighted by molar-refractivity contribution is 7.10. The van der Waals surface area contributed by atoms with Crippen molar-refractivity contribution in [3.63, 3.8) is 0 Å². The molecule has 0 bridgehead atoms. The second-order valence-electron chi connectivity index (χ2n) is 5.31. The molecule has 0 spiro atoms. The summed E-state index contributed by atoms with van der Waals surface area (Å²) in [5.41, 5.74) is 7.09. The van der Waals surface area contributed by atoms with Crippen molar-refractivity contribution in [1.29, 1.82) is 0 Å². The molecule has 3 amide bonds. The Kier molecular flexibility index (Phi) is 4.54. The van der Waals surface area contributed by atoms with Crippen LogP contribution in [0.25, 0.3) is 0 Å². The summed E-state index contributed by atoms with van der Waals surface area (Å²) in [6.45, 7) is 0.603. The number of hydrogen-bond acceptors (Lipinski definition) is 3. The predicted octanol–water partition coefficient (Wildman–Crippen LogP) is 3.09. The molecule has 120 valence electrons. The Morgan fingerprint density at radius 3 is 2.87 bits per heavy atom. The third-order valence-corrected chi connectivity index (χ3v) is 5.19. The Morgan fingerprint density at radius 1 is 1.35 bits per heavy atom. The van der Waals surface area contributed by atoms with Crippen LogP contribution in [0.4, 0.5) is 10.5 Å². The highest BCUT2D eigenvalue weighted by Gasteiger charge is 2.28. The highest BCUT2D eigenvalue weighted by atomic mass is 35.5. The maximum Gasteiger partial charge on any atom is 0.312 e. The molecule has 3 N–H and O–H groups in total. The molecule has 0 radical (unpaired) electrons. The standard InChI is InChI=1S/C16H16ClN3O2S/c17-11-3-1-4-13-10(11)6-7-20(13)15(21)9-12(19-16(18)22)14-5-2-8-23-14/h1-5,8,12H,6-7,9H2,(H3,18,19,22)/t12-/m1/s1. The van der Waals surface area contributed by atoms with E-state index in [9.17, 15) is 9.59 Å². The highest BCUT2D eigenvalue weighted by Crippen LogP contribution is 2.34. The lowest BCUT2D eigenvalue weighted by Gasteiger charge is -2.21. The number of urea groups is 1. The van der Waals surface area contributed by atoms with Gasteiger partial charge in [0.1, 0.15) is 0 Å². The van der Waals surface area contributed by atoms with E-state index in [1.807, 2.05) is 35.7 Å². The van der Waals surface area contributed by atoms with Crippen molar-refractivity contribution in [2.75, 3.05) is 11.4 Å². The Bertz CT molecular complexity index is 733. The molecular formula is C16H16ClN3O2S. The lowest BCUT2D eigenvalue weighted by atomic mass is 10.1. The molecule has 5 nitrogen and oxygen atoms in total. The zero-order chi connectivity index (χ0) is 16.4. The van der Waals surface area contributed by atoms with E-state index in [0.29, 0.717) is 11.6 Å². The summed E-state index contributed by atoms with van der Waals surface area (Å²) < 4.78 is 0. The summed E-state index contributed by atoms with van der Waals surface area (Å²) in [6.07, 6.45) is 0.906. The number of halogens is 1. The van der Waals surface area contributed by atoms with E-state index in [0.717, 1.165) is 22.5 Å². The van der Waals surface area contributed by atoms with Crippen molar-refractivity contribution < 1.29 is 9.59 Å². The predicted molar refractivity (Wildman–Crippen MR) is 91.9 cm³/mol. The summed E-state index contributed by atoms with van der Waals surface area (Å²) in [7, 11) is 0. The largest absolute Gasteiger partial charge is 0.352 e. The van der Waals surface area contributed by atoms with Crippen LogP contribution in [0.15, 0.2) is 35.7 Å². The Balaban J connectivity index is 1.79. The van der Waals surface area contributed by atoms with Gasteiger partial charge in [-0.2, -0.15) is 0 Å². The molecular weight excluding hydrogens is 334 g/mol. The van der Waals surface area contributed by atoms with Crippen LogP contribution >= 0.6 is 22.9 Å². The van der Waals surface area contributed by atoms with E-state index in [-0.39, 0.29) is 12.3 Å². The van der Waals surface area contributed by atoms with Gasteiger partial charge in [0.25, 0.3) is 0 Å². The average molecular weight is 350 g/mol. The molecule has 3 rings (SSSR count). The maximum absolute atomic E-state index is 12.7. The third-order valence-electron chi connectivity index (χ3n) is 3.85. The average Bonchev–Trinajstić information content (AvgIpc) is 3.16. The number of anilines is 1. The van der Waals surface area contributed by atoms with Gasteiger partial charge in [-0.05, 0) is 35.6 Å². The first-order valence-corrected chi connectivity index (χ1v) is 8.49. The van der Waals surface area contributed by atoms with Gasteiger partial charge in [-0.15, -0.1) is 11.3 Å². The molecule has 0 saturated carbocycles. The van der Waals surface area contributed by atoms with E-state index in [1.54, 1.807) is 4.90 Å². The molecule has 2 aromatic rings. The number of hydrogen-bond donors (Lipinski definition) is 2. The zero-order valence-electron chi connectivity index (χ0n) is 12.3. The lowest BCUT2D eigenvalue weighted by Crippen LogP contribution is -2.37. The number of amides is 3. The van der Waals surface area contributed by atoms with E-state index in [1.165, 1.54) is 11.3 Å². The molecule has 1 aromatic heterocycles. The summed E-state index contributed by atoms with van der Waals surface area (Å²) in [4.78, 5) is 26.6. The van der Waals surface area contributed by atoms with Gasteiger partial charge in [-0.3, -0.25) is 4.79 Å². The van der Waals surface area contributed by atoms with Gasteiger partial charge in [0, 0.05) is 22.1 Å². The molecule has 7 heteroatoms. The number of thiophene rings is 1. The van der Waals surface area contributed by atoms with Gasteiger partial charge < -0.3 is 16.0 Å². The van der Waals surface area contributed by atoms with E-state index in [2.05, 4.69) is 5.32 Å². The fourth-order valence-corrected chi connectivity index (χ4v) is 3.86. The van der Waals surface area contributed by atoms with Crippen LogP contribution in [-0.4, -0.2) is 18.5 Å². The topological polar surface area (TPSA) is 75.4 Å². The molecule has 23 heavy (non-hydrogen) atoms. The van der Waals surface area contributed by atoms with Crippen LogP contribution in [0, 0.1) is 0 Å². The summed E-state index contributed by atoms with van der Waals surface area (Å²) >= 11 is 7.67. The molecule has 2 heterocycles. The van der Waals surface area contributed by atoms with Crippen LogP contribution in [0.2, 0.25) is 5.02 Å². The van der Waals surface area contributed by atoms with Crippen LogP contribution < -0.4 is 16.0 Å². The minimum absolute atomic E-state index is 0.0573. The van der Waals surface area contributed by atoms with Crippen molar-refractivity contribution in [1.82, 2.24) is 5.32 Å². The van der Waals surface area contributed by atoms with Crippen molar-refractivity contribution >= 4 is 40.6 Å². The first-order valence-electron chi connectivity index (χ1n) is 7.23. The van der Waals surface area contributed by atoms with Crippen LogP contribution in [-0.2, 0) is 11.2 Å². The van der Waals surface area contributed by atoms with E-state index < -0.39 is 12.1 Å². The van der Waals surface area contributed by atoms with Gasteiger partial charge in [-0.25, -0.2) is 4.79 Å². The Morgan fingerprint density at radius 2 is 2.17 bits per heavy atom. The van der Waals surface area contributed by atoms with Gasteiger partial charge in [-0.1, -0.05) is 23.7 Å². The van der Waals surface area contributed by atoms with Crippen LogP contribution in [0.3, 0.4) is 0 Å². The first-order chi connectivity index (χ1) is 11.1. The number of rotatable bonds is 4. The van der Waals surface area contributed by atoms with Crippen LogP contribution in [0.1, 0.15) is 22.9 Å². The summed E-state index contributed by atoms with van der Waals surface area (Å²) in [5.74, 6) is -0.0573. The summed E-state index contributed by atoms with van der Waals surface area (Å²) in [5, 5.41) is 5.23. The molecule has 0 fully saturated rings. The molecule has 1 atom stereocenters. The van der Waals surface area contributed by atoms with Gasteiger partial charge in [0.15, 0.2) is 0 Å². The quantitative estimate of drug-likeness (QED) is 0.890. The van der Waals surface area contributed by atoms with Crippen LogP contribution in [0.5, 0.6) is 0 Å². The molecule has 1 aliphatic rings. The van der Waals surface area contributed by atoms with Crippen molar-refractivity contribution in [3.8, 4) is 0 Å². The number of carbonyl (C=O) groups excluding carboxylic acids is 2. The van der Waals surface area contributed by atoms with Crippen molar-refractivity contribution in [2.24, 2.45) is 5.73 Å². The minimum Gasteiger partial charge on any atom is -0.352 e. The number of nitrogens with zero attached hydrogens (tertiary/aromatic N) is 1. The van der Waals surface area contributed by atoms with Gasteiger partial charge in [0.2, 0.25) is 5.91 Å². The van der Waals surface area contributed by atoms with Crippen molar-refractivity contribution in [3.05, 3.63) is 51.2 Å². The maximum atomic E-state index is 12.7. The number of benzene rings is 1. The second kappa shape index (κ2) is 6.60. The van der Waals surface area contributed by atoms with E-state index >= 15 is 0 Å². The first kappa shape index (κ1) is 15.8. The lowest BCUT2D eigenvalue weighted by molar-refractivity contribution is -0.118. The zero-order valence-corrected chi connectivity index (χ0v) is 13.9. The number of carbonyl (C=O) groups is 2. The summed E-state index contributed by atoms with van der Waals surface area (Å²) in [6, 6.07) is 8.28. The SMILES string of the molecule is NC(=O)N[C@H](CC(=O)N1CCc2c(Cl)cccc21)c1cccs1. The fraction of sp³-hybridized carbons (Fsp3) is 0.250. The number of primary amides is 1. The normalized spacial score (nSPS) is 14.4. The van der Waals surface area contributed by atoms with E-state index in [4.69, 9.17) is 17.3 Å². The van der Waals surface area contributed by atoms with Gasteiger partial charge >= 0.3 is 6.03 Å². The smallest absolute Gasteiger partial charge is 0.312 e. The number of fused-ring (bicyclic) bond motifs is 1. The number of nitrogens with two attached hydrogens (primary N) is 1. The van der Waals surface area contributed by atoms with Crippen molar-refractivity contribution in [2.45, 2.75) is 18.9 Å². The molecule has 1 aromatic carbocycles. The molecule has 0 saturated heterocycles. The molecule has 1 aliphatic heterocycles.